The number of anilines is 1. The van der Waals surface area contributed by atoms with Crippen LogP contribution in [-0.4, -0.2) is 17.1 Å². The molecule has 0 heterocycles. The highest BCUT2D eigenvalue weighted by molar-refractivity contribution is 9.10. The number of nitrogens with one attached hydrogen (secondary N) is 2. The van der Waals surface area contributed by atoms with Gasteiger partial charge < -0.3 is 14.8 Å². The van der Waals surface area contributed by atoms with Gasteiger partial charge in [-0.2, -0.15) is 0 Å². The van der Waals surface area contributed by atoms with E-state index in [2.05, 4.69) is 26.6 Å². The molecule has 0 aliphatic rings. The quantitative estimate of drug-likeness (QED) is 0.394. The molecular weight excluding hydrogens is 476 g/mol. The van der Waals surface area contributed by atoms with Crippen LogP contribution in [0.5, 0.6) is 11.5 Å². The van der Waals surface area contributed by atoms with E-state index in [1.807, 2.05) is 74.5 Å². The van der Waals surface area contributed by atoms with Crippen molar-refractivity contribution in [3.63, 3.8) is 0 Å². The summed E-state index contributed by atoms with van der Waals surface area (Å²) < 4.78 is 12.3. The molecule has 0 aliphatic carbocycles. The third kappa shape index (κ3) is 7.08. The molecule has 31 heavy (non-hydrogen) atoms. The summed E-state index contributed by atoms with van der Waals surface area (Å²) in [4.78, 5) is 12.7. The standard InChI is InChI=1S/C24H23BrN2O3S/c1-16(2)30-22-13-8-18(25)14-21(22)23(28)27-24(31)26-19-9-11-20(12-10-19)29-15-17-6-4-3-5-7-17/h3-14,16H,15H2,1-2H3,(H2,26,27,28,31). The molecule has 3 rings (SSSR count). The molecule has 3 aromatic rings. The van der Waals surface area contributed by atoms with E-state index < -0.39 is 0 Å². The van der Waals surface area contributed by atoms with Crippen molar-refractivity contribution in [2.24, 2.45) is 0 Å². The molecule has 2 N–H and O–H groups in total. The van der Waals surface area contributed by atoms with Crippen LogP contribution < -0.4 is 20.1 Å². The molecule has 5 nitrogen and oxygen atoms in total. The summed E-state index contributed by atoms with van der Waals surface area (Å²) in [5, 5.41) is 5.90. The van der Waals surface area contributed by atoms with Crippen LogP contribution in [0, 0.1) is 0 Å². The average Bonchev–Trinajstić information content (AvgIpc) is 2.75. The van der Waals surface area contributed by atoms with Crippen LogP contribution in [0.1, 0.15) is 29.8 Å². The minimum absolute atomic E-state index is 0.0552. The maximum Gasteiger partial charge on any atom is 0.261 e. The van der Waals surface area contributed by atoms with Gasteiger partial charge in [-0.1, -0.05) is 46.3 Å². The maximum atomic E-state index is 12.7. The van der Waals surface area contributed by atoms with Gasteiger partial charge in [0.15, 0.2) is 5.11 Å². The highest BCUT2D eigenvalue weighted by Crippen LogP contribution is 2.24. The van der Waals surface area contributed by atoms with E-state index in [0.717, 1.165) is 21.5 Å². The van der Waals surface area contributed by atoms with Crippen LogP contribution in [0.2, 0.25) is 0 Å². The molecule has 0 saturated carbocycles. The van der Waals surface area contributed by atoms with Crippen LogP contribution in [0.4, 0.5) is 5.69 Å². The second-order valence-corrected chi connectivity index (χ2v) is 8.34. The van der Waals surface area contributed by atoms with Crippen molar-refractivity contribution >= 4 is 44.9 Å². The fourth-order valence-electron chi connectivity index (χ4n) is 2.74. The minimum Gasteiger partial charge on any atom is -0.490 e. The van der Waals surface area contributed by atoms with Gasteiger partial charge in [-0.25, -0.2) is 0 Å². The molecule has 0 fully saturated rings. The number of hydrogen-bond donors (Lipinski definition) is 2. The highest BCUT2D eigenvalue weighted by atomic mass is 79.9. The first-order valence-corrected chi connectivity index (χ1v) is 11.0. The van der Waals surface area contributed by atoms with Gasteiger partial charge in [0.25, 0.3) is 5.91 Å². The Morgan fingerprint density at radius 1 is 1.03 bits per heavy atom. The van der Waals surface area contributed by atoms with E-state index in [-0.39, 0.29) is 17.1 Å². The molecule has 0 aliphatic heterocycles. The number of amides is 1. The molecule has 0 spiro atoms. The summed E-state index contributed by atoms with van der Waals surface area (Å²) in [7, 11) is 0. The largest absolute Gasteiger partial charge is 0.490 e. The van der Waals surface area contributed by atoms with Crippen molar-refractivity contribution in [1.82, 2.24) is 5.32 Å². The monoisotopic (exact) mass is 498 g/mol. The first-order chi connectivity index (χ1) is 14.9. The Bertz CT molecular complexity index is 1040. The predicted molar refractivity (Wildman–Crippen MR) is 131 cm³/mol. The molecule has 7 heteroatoms. The number of ether oxygens (including phenoxy) is 2. The minimum atomic E-state index is -0.350. The Hall–Kier alpha value is -2.90. The molecule has 1 amide bonds. The Labute approximate surface area is 195 Å². The molecule has 160 valence electrons. The van der Waals surface area contributed by atoms with Gasteiger partial charge in [0, 0.05) is 10.2 Å². The van der Waals surface area contributed by atoms with Crippen LogP contribution in [0.15, 0.2) is 77.3 Å². The van der Waals surface area contributed by atoms with E-state index in [0.29, 0.717) is 17.9 Å². The first-order valence-electron chi connectivity index (χ1n) is 9.76. The normalized spacial score (nSPS) is 10.5. The summed E-state index contributed by atoms with van der Waals surface area (Å²) in [5.41, 5.74) is 2.24. The second kappa shape index (κ2) is 10.9. The lowest BCUT2D eigenvalue weighted by Crippen LogP contribution is -2.34. The van der Waals surface area contributed by atoms with Crippen LogP contribution in [0.3, 0.4) is 0 Å². The number of carbonyl (C=O) groups excluding carboxylic acids is 1. The fourth-order valence-corrected chi connectivity index (χ4v) is 3.32. The smallest absolute Gasteiger partial charge is 0.261 e. The van der Waals surface area contributed by atoms with E-state index in [9.17, 15) is 4.79 Å². The van der Waals surface area contributed by atoms with Crippen molar-refractivity contribution < 1.29 is 14.3 Å². The molecule has 0 unspecified atom stereocenters. The van der Waals surface area contributed by atoms with Gasteiger partial charge in [-0.15, -0.1) is 0 Å². The van der Waals surface area contributed by atoms with Gasteiger partial charge in [0.05, 0.1) is 11.7 Å². The molecular formula is C24H23BrN2O3S. The molecule has 0 atom stereocenters. The van der Waals surface area contributed by atoms with Gasteiger partial charge in [0.1, 0.15) is 18.1 Å². The average molecular weight is 499 g/mol. The van der Waals surface area contributed by atoms with Gasteiger partial charge in [0.2, 0.25) is 0 Å². The lowest BCUT2D eigenvalue weighted by Gasteiger charge is -2.15. The Morgan fingerprint density at radius 2 is 1.74 bits per heavy atom. The number of benzene rings is 3. The summed E-state index contributed by atoms with van der Waals surface area (Å²) >= 11 is 8.69. The molecule has 0 saturated heterocycles. The summed E-state index contributed by atoms with van der Waals surface area (Å²) in [6, 6.07) is 22.6. The Kier molecular flexibility index (Phi) is 8.03. The zero-order chi connectivity index (χ0) is 22.2. The summed E-state index contributed by atoms with van der Waals surface area (Å²) in [5.74, 6) is 0.893. The Balaban J connectivity index is 1.57. The van der Waals surface area contributed by atoms with Crippen molar-refractivity contribution in [2.75, 3.05) is 5.32 Å². The van der Waals surface area contributed by atoms with Gasteiger partial charge in [-0.05, 0) is 74.1 Å². The van der Waals surface area contributed by atoms with Crippen molar-refractivity contribution in [3.05, 3.63) is 88.4 Å². The Morgan fingerprint density at radius 3 is 2.42 bits per heavy atom. The lowest BCUT2D eigenvalue weighted by atomic mass is 10.2. The number of thiocarbonyl (C=S) groups is 1. The number of hydrogen-bond acceptors (Lipinski definition) is 4. The summed E-state index contributed by atoms with van der Waals surface area (Å²) in [6.45, 7) is 4.31. The van der Waals surface area contributed by atoms with Crippen molar-refractivity contribution in [2.45, 2.75) is 26.6 Å². The zero-order valence-electron chi connectivity index (χ0n) is 17.2. The van der Waals surface area contributed by atoms with Crippen molar-refractivity contribution in [1.29, 1.82) is 0 Å². The van der Waals surface area contributed by atoms with Crippen LogP contribution >= 0.6 is 28.1 Å². The van der Waals surface area contributed by atoms with Crippen LogP contribution in [-0.2, 0) is 6.61 Å². The van der Waals surface area contributed by atoms with Gasteiger partial charge in [-0.3, -0.25) is 10.1 Å². The SMILES string of the molecule is CC(C)Oc1ccc(Br)cc1C(=O)NC(=S)Nc1ccc(OCc2ccccc2)cc1. The van der Waals surface area contributed by atoms with Gasteiger partial charge >= 0.3 is 0 Å². The number of carbonyl (C=O) groups is 1. The predicted octanol–water partition coefficient (Wildman–Crippen LogP) is 5.94. The third-order valence-corrected chi connectivity index (χ3v) is 4.83. The van der Waals surface area contributed by atoms with Crippen LogP contribution in [0.25, 0.3) is 0 Å². The van der Waals surface area contributed by atoms with Crippen molar-refractivity contribution in [3.8, 4) is 11.5 Å². The van der Waals surface area contributed by atoms with E-state index in [4.69, 9.17) is 21.7 Å². The fraction of sp³-hybridized carbons (Fsp3) is 0.167. The molecule has 0 bridgehead atoms. The topological polar surface area (TPSA) is 59.6 Å². The molecule has 0 radical (unpaired) electrons. The molecule has 0 aromatic heterocycles. The van der Waals surface area contributed by atoms with E-state index >= 15 is 0 Å². The number of rotatable bonds is 7. The van der Waals surface area contributed by atoms with E-state index in [1.165, 1.54) is 0 Å². The molecule has 3 aromatic carbocycles. The lowest BCUT2D eigenvalue weighted by molar-refractivity contribution is 0.0972. The second-order valence-electron chi connectivity index (χ2n) is 7.01. The maximum absolute atomic E-state index is 12.7. The number of halogens is 1. The zero-order valence-corrected chi connectivity index (χ0v) is 19.6. The highest BCUT2D eigenvalue weighted by Gasteiger charge is 2.16. The van der Waals surface area contributed by atoms with E-state index in [1.54, 1.807) is 12.1 Å². The third-order valence-electron chi connectivity index (χ3n) is 4.14. The first kappa shape index (κ1) is 22.8. The summed E-state index contributed by atoms with van der Waals surface area (Å²) in [6.07, 6.45) is -0.0552.